The third-order valence-corrected chi connectivity index (χ3v) is 10.2. The number of carbonyl (C=O) groups excluding carboxylic acids is 5. The van der Waals surface area contributed by atoms with Gasteiger partial charge in [0.2, 0.25) is 0 Å². The molecule has 3 atom stereocenters. The van der Waals surface area contributed by atoms with Crippen LogP contribution in [0.5, 0.6) is 0 Å². The van der Waals surface area contributed by atoms with Gasteiger partial charge in [-0.05, 0) is 76.9 Å². The molecule has 0 bridgehead atoms. The number of hydrogen-bond donors (Lipinski definition) is 0. The van der Waals surface area contributed by atoms with E-state index in [1.54, 1.807) is 4.90 Å². The van der Waals surface area contributed by atoms with Crippen LogP contribution < -0.4 is 0 Å². The van der Waals surface area contributed by atoms with Crippen LogP contribution in [-0.2, 0) is 33.4 Å². The van der Waals surface area contributed by atoms with Gasteiger partial charge in [-0.15, -0.1) is 0 Å². The van der Waals surface area contributed by atoms with Crippen molar-refractivity contribution in [3.63, 3.8) is 0 Å². The summed E-state index contributed by atoms with van der Waals surface area (Å²) in [6, 6.07) is 0. The molecule has 10 nitrogen and oxygen atoms in total. The van der Waals surface area contributed by atoms with E-state index < -0.39 is 12.1 Å². The van der Waals surface area contributed by atoms with Crippen molar-refractivity contribution in [2.24, 2.45) is 17.8 Å². The first-order valence-electron chi connectivity index (χ1n) is 18.2. The second-order valence-electron chi connectivity index (χ2n) is 13.9. The third kappa shape index (κ3) is 20.1. The number of nitrogens with zero attached hydrogens (tertiary/aromatic N) is 2. The Balaban J connectivity index is 1.84. The highest BCUT2D eigenvalue weighted by Crippen LogP contribution is 2.31. The number of rotatable bonds is 23. The molecule has 0 heterocycles. The van der Waals surface area contributed by atoms with Gasteiger partial charge in [-0.3, -0.25) is 19.2 Å². The van der Waals surface area contributed by atoms with Crippen molar-refractivity contribution < 1.29 is 38.2 Å². The average Bonchev–Trinajstić information content (AvgIpc) is 3.05. The lowest BCUT2D eigenvalue weighted by Gasteiger charge is -2.26. The Morgan fingerprint density at radius 2 is 1.40 bits per heavy atom. The Labute approximate surface area is 287 Å². The van der Waals surface area contributed by atoms with Crippen LogP contribution in [0.4, 0.5) is 4.79 Å². The van der Waals surface area contributed by atoms with Gasteiger partial charge in [-0.25, -0.2) is 0 Å². The normalized spacial score (nSPS) is 19.1. The summed E-state index contributed by atoms with van der Waals surface area (Å²) >= 11 is 1.26. The second kappa shape index (κ2) is 24.9. The van der Waals surface area contributed by atoms with E-state index in [1.165, 1.54) is 43.9 Å². The van der Waals surface area contributed by atoms with Crippen LogP contribution in [0.3, 0.4) is 0 Å². The van der Waals surface area contributed by atoms with E-state index >= 15 is 0 Å². The molecule has 1 amide bonds. The molecule has 0 aromatic heterocycles. The number of esters is 3. The number of amides is 1. The van der Waals surface area contributed by atoms with Gasteiger partial charge in [0, 0.05) is 44.5 Å². The Morgan fingerprint density at radius 3 is 2.04 bits per heavy atom. The molecule has 2 rings (SSSR count). The highest BCUT2D eigenvalue weighted by Gasteiger charge is 2.23. The van der Waals surface area contributed by atoms with Crippen molar-refractivity contribution in [2.75, 3.05) is 52.7 Å². The predicted molar refractivity (Wildman–Crippen MR) is 185 cm³/mol. The largest absolute Gasteiger partial charge is 0.462 e. The minimum absolute atomic E-state index is 0.0582. The van der Waals surface area contributed by atoms with Gasteiger partial charge < -0.3 is 28.8 Å². The molecule has 0 N–H and O–H groups in total. The molecule has 0 radical (unpaired) electrons. The van der Waals surface area contributed by atoms with Crippen LogP contribution in [0, 0.1) is 17.8 Å². The maximum Gasteiger partial charge on any atom is 0.306 e. The topological polar surface area (TPSA) is 120 Å². The zero-order chi connectivity index (χ0) is 34.3. The minimum Gasteiger partial charge on any atom is -0.462 e. The van der Waals surface area contributed by atoms with Crippen molar-refractivity contribution in [1.82, 2.24) is 9.80 Å². The Hall–Kier alpha value is -2.14. The molecule has 0 aliphatic heterocycles. The predicted octanol–water partition coefficient (Wildman–Crippen LogP) is 6.82. The molecule has 2 aliphatic carbocycles. The molecule has 11 heteroatoms. The monoisotopic (exact) mass is 682 g/mol. The smallest absolute Gasteiger partial charge is 0.306 e. The van der Waals surface area contributed by atoms with E-state index in [9.17, 15) is 24.0 Å². The number of ether oxygens (including phenoxy) is 3. The first-order valence-corrected chi connectivity index (χ1v) is 19.2. The van der Waals surface area contributed by atoms with Crippen molar-refractivity contribution in [3.05, 3.63) is 0 Å². The third-order valence-electron chi connectivity index (χ3n) is 9.23. The minimum atomic E-state index is -0.891. The summed E-state index contributed by atoms with van der Waals surface area (Å²) < 4.78 is 16.6. The zero-order valence-corrected chi connectivity index (χ0v) is 30.2. The van der Waals surface area contributed by atoms with E-state index in [0.717, 1.165) is 57.8 Å². The number of unbranched alkanes of at least 4 members (excludes halogenated alkanes) is 1. The van der Waals surface area contributed by atoms with E-state index in [0.29, 0.717) is 68.7 Å². The molecule has 270 valence electrons. The van der Waals surface area contributed by atoms with Gasteiger partial charge in [0.15, 0.2) is 6.10 Å². The van der Waals surface area contributed by atoms with Crippen LogP contribution in [-0.4, -0.2) is 98.0 Å². The SMILES string of the molecule is CC1CCCC(CCC(=O)OCC(COC(=O)CCC2CCCCC2)OC(=O)CCCN(CCCC=O)C(=O)SCCCN(C)C)C1. The van der Waals surface area contributed by atoms with E-state index in [2.05, 4.69) is 11.8 Å². The summed E-state index contributed by atoms with van der Waals surface area (Å²) in [5.41, 5.74) is 0. The number of carbonyl (C=O) groups is 5. The Kier molecular flexibility index (Phi) is 21.8. The highest BCUT2D eigenvalue weighted by molar-refractivity contribution is 8.13. The Bertz CT molecular complexity index is 927. The van der Waals surface area contributed by atoms with Crippen molar-refractivity contribution in [2.45, 2.75) is 129 Å². The summed E-state index contributed by atoms with van der Waals surface area (Å²) in [6.45, 7) is 3.63. The van der Waals surface area contributed by atoms with Gasteiger partial charge in [0.1, 0.15) is 19.5 Å². The molecule has 2 aliphatic rings. The fourth-order valence-corrected chi connectivity index (χ4v) is 7.34. The van der Waals surface area contributed by atoms with Crippen molar-refractivity contribution >= 4 is 41.2 Å². The standard InChI is InChI=1S/C36H62N2O8S/c1-29-12-9-15-31(26-29)18-20-34(41)45-28-32(27-44-33(40)19-17-30-13-5-4-6-14-30)46-35(42)16-10-23-38(22-7-8-24-39)36(43)47-25-11-21-37(2)3/h24,29-32H,4-23,25-28H2,1-3H3. The number of thioether (sulfide) groups is 1. The van der Waals surface area contributed by atoms with Crippen molar-refractivity contribution in [1.29, 1.82) is 0 Å². The van der Waals surface area contributed by atoms with Gasteiger partial charge in [-0.2, -0.15) is 0 Å². The zero-order valence-electron chi connectivity index (χ0n) is 29.4. The molecule has 3 unspecified atom stereocenters. The molecular weight excluding hydrogens is 620 g/mol. The molecular formula is C36H62N2O8S. The van der Waals surface area contributed by atoms with Gasteiger partial charge in [0.25, 0.3) is 5.24 Å². The van der Waals surface area contributed by atoms with Gasteiger partial charge >= 0.3 is 17.9 Å². The van der Waals surface area contributed by atoms with Gasteiger partial charge in [0.05, 0.1) is 0 Å². The summed E-state index contributed by atoms with van der Waals surface area (Å²) in [4.78, 5) is 65.4. The maximum atomic E-state index is 12.9. The fraction of sp³-hybridized carbons (Fsp3) is 0.861. The first-order chi connectivity index (χ1) is 22.7. The van der Waals surface area contributed by atoms with E-state index in [4.69, 9.17) is 14.2 Å². The van der Waals surface area contributed by atoms with Gasteiger partial charge in [-0.1, -0.05) is 70.1 Å². The fourth-order valence-electron chi connectivity index (χ4n) is 6.52. The maximum absolute atomic E-state index is 12.9. The first kappa shape index (κ1) is 41.0. The molecule has 2 fully saturated rings. The lowest BCUT2D eigenvalue weighted by atomic mass is 9.80. The quantitative estimate of drug-likeness (QED) is 0.0492. The van der Waals surface area contributed by atoms with Crippen molar-refractivity contribution in [3.8, 4) is 0 Å². The van der Waals surface area contributed by atoms with Crippen LogP contribution in [0.15, 0.2) is 0 Å². The molecule has 0 spiro atoms. The highest BCUT2D eigenvalue weighted by atomic mass is 32.2. The number of hydrogen-bond acceptors (Lipinski definition) is 10. The summed E-state index contributed by atoms with van der Waals surface area (Å²) in [6.07, 6.45) is 15.2. The number of aldehydes is 1. The van der Waals surface area contributed by atoms with Crippen LogP contribution >= 0.6 is 11.8 Å². The summed E-state index contributed by atoms with van der Waals surface area (Å²) in [5, 5.41) is -0.0596. The van der Waals surface area contributed by atoms with E-state index in [1.807, 2.05) is 14.1 Å². The molecule has 2 saturated carbocycles. The lowest BCUT2D eigenvalue weighted by molar-refractivity contribution is -0.167. The second-order valence-corrected chi connectivity index (χ2v) is 14.9. The summed E-state index contributed by atoms with van der Waals surface area (Å²) in [5.74, 6) is 1.31. The molecule has 47 heavy (non-hydrogen) atoms. The Morgan fingerprint density at radius 1 is 0.766 bits per heavy atom. The van der Waals surface area contributed by atoms with Crippen LogP contribution in [0.2, 0.25) is 0 Å². The lowest BCUT2D eigenvalue weighted by Crippen LogP contribution is -2.32. The van der Waals surface area contributed by atoms with Crippen LogP contribution in [0.25, 0.3) is 0 Å². The average molecular weight is 683 g/mol. The summed E-state index contributed by atoms with van der Waals surface area (Å²) in [7, 11) is 3.99. The molecule has 0 aromatic carbocycles. The molecule has 0 saturated heterocycles. The van der Waals surface area contributed by atoms with E-state index in [-0.39, 0.29) is 36.8 Å². The van der Waals surface area contributed by atoms with Crippen LogP contribution in [0.1, 0.15) is 122 Å². The molecule has 0 aromatic rings.